The van der Waals surface area contributed by atoms with Crippen molar-refractivity contribution in [2.24, 2.45) is 59.2 Å². The Morgan fingerprint density at radius 3 is 0.927 bits per heavy atom. The molecule has 10 bridgehead atoms. The second-order valence-corrected chi connectivity index (χ2v) is 37.7. The van der Waals surface area contributed by atoms with Crippen LogP contribution in [0.2, 0.25) is 15.1 Å². The zero-order valence-corrected chi connectivity index (χ0v) is 69.9. The molecule has 15 fully saturated rings. The number of fused-ring (bicyclic) bond motifs is 10. The first-order chi connectivity index (χ1) is 53.9. The molecule has 0 spiro atoms. The van der Waals surface area contributed by atoms with Crippen LogP contribution in [0.15, 0.2) is 103 Å². The van der Waals surface area contributed by atoms with E-state index in [9.17, 15) is 0 Å². The van der Waals surface area contributed by atoms with E-state index < -0.39 is 0 Å². The molecule has 110 heavy (non-hydrogen) atoms. The van der Waals surface area contributed by atoms with E-state index in [0.29, 0.717) is 0 Å². The summed E-state index contributed by atoms with van der Waals surface area (Å²) in [7, 11) is 6.98. The number of halogens is 3. The van der Waals surface area contributed by atoms with Crippen LogP contribution in [-0.4, -0.2) is 214 Å². The number of benzene rings is 5. The van der Waals surface area contributed by atoms with Crippen molar-refractivity contribution in [2.45, 2.75) is 185 Å². The molecule has 0 radical (unpaired) electrons. The molecule has 17 heteroatoms. The van der Waals surface area contributed by atoms with Gasteiger partial charge in [-0.1, -0.05) is 104 Å². The zero-order chi connectivity index (χ0) is 75.2. The Kier molecular flexibility index (Phi) is 26.4. The molecule has 5 aliphatic heterocycles. The van der Waals surface area contributed by atoms with Crippen molar-refractivity contribution in [3.63, 3.8) is 0 Å². The van der Waals surface area contributed by atoms with Crippen LogP contribution < -0.4 is 43.4 Å². The van der Waals surface area contributed by atoms with Gasteiger partial charge in [-0.25, -0.2) is 0 Å². The maximum Gasteiger partial charge on any atom is 0.142 e. The second kappa shape index (κ2) is 36.8. The lowest BCUT2D eigenvalue weighted by molar-refractivity contribution is 0.103. The van der Waals surface area contributed by atoms with Crippen LogP contribution in [0, 0.1) is 66.1 Å². The van der Waals surface area contributed by atoms with E-state index in [4.69, 9.17) is 53.8 Å². The van der Waals surface area contributed by atoms with Gasteiger partial charge in [-0.05, 0) is 254 Å². The summed E-state index contributed by atoms with van der Waals surface area (Å²) >= 11 is 18.5. The van der Waals surface area contributed by atoms with E-state index >= 15 is 0 Å². The van der Waals surface area contributed by atoms with E-state index in [1.54, 1.807) is 28.4 Å². The Morgan fingerprint density at radius 1 is 0.255 bits per heavy atom. The van der Waals surface area contributed by atoms with Crippen LogP contribution in [0.3, 0.4) is 0 Å². The molecule has 0 amide bonds. The number of aryl methyl sites for hydroxylation is 1. The SMILES string of the molecule is COc1ccc(Cl)cc1N1CCN(C2CC3CCC(C3)C2)CC1.COc1ccc(Cl)cc1N1CCN(C2C[C@@H]3CC[C@@H]2C3)CC1.COc1ccc(Cl)cc1N1CCN(C2C[C@@H]3CC[C@H]2C3)CC1.COc1ccccc1N1CCN(C2CC[C@@H]3CCC2C3)CC1.Cc1ccccc1N1CCN(C2CCC3CCC2C3)CC1. The third-order valence-corrected chi connectivity index (χ3v) is 31.3. The summed E-state index contributed by atoms with van der Waals surface area (Å²) in [5.41, 5.74) is 7.55. The molecular weight excluding hydrogens is 1430 g/mol. The van der Waals surface area contributed by atoms with Crippen LogP contribution in [0.5, 0.6) is 23.0 Å². The summed E-state index contributed by atoms with van der Waals surface area (Å²) in [6.07, 6.45) is 34.1. The van der Waals surface area contributed by atoms with Gasteiger partial charge in [-0.2, -0.15) is 0 Å². The summed E-state index contributed by atoms with van der Waals surface area (Å²) < 4.78 is 22.1. The highest BCUT2D eigenvalue weighted by Gasteiger charge is 2.46. The molecule has 0 N–H and O–H groups in total. The standard InChI is InChI=1S/C19H27ClN2O.C19H28N2O.C19H28N2.2C18H25ClN2O/c1-23-19-5-4-16(20)13-18(19)22-8-6-21(7-9-22)17-11-14-2-3-15(10-14)12-17;1-22-19-5-3-2-4-18(19)21-12-10-20(11-13-21)17-9-7-15-6-8-16(17)14-15;1-15-4-2-3-5-18(15)20-10-12-21(13-11-20)19-9-7-16-6-8-17(19)14-16;2*1-22-18-5-4-15(19)12-17(18)21-8-6-20(7-9-21)16-11-13-2-3-14(16)10-13/h4-5,13-15,17H,2-3,6-12H2,1H3;2-5,15-17H,6-14H2,1H3;2-5,16-17,19H,6-14H2,1H3;2*4-5,12-14,16H,2-3,6-11H2,1H3/t;15-,16?,17?;;13-,14+,16?;13-,14-,16?/m.0.11/s1. The van der Waals surface area contributed by atoms with E-state index in [2.05, 4.69) is 104 Å². The molecule has 0 aromatic heterocycles. The predicted octanol–water partition coefficient (Wildman–Crippen LogP) is 18.5. The Balaban J connectivity index is 0.000000104. The van der Waals surface area contributed by atoms with Crippen molar-refractivity contribution in [1.82, 2.24) is 24.5 Å². The van der Waals surface area contributed by atoms with Crippen molar-refractivity contribution in [2.75, 3.05) is 184 Å². The molecule has 14 nitrogen and oxygen atoms in total. The van der Waals surface area contributed by atoms with Crippen molar-refractivity contribution in [1.29, 1.82) is 0 Å². The molecule has 20 rings (SSSR count). The summed E-state index contributed by atoms with van der Waals surface area (Å²) in [5, 5.41) is 2.35. The largest absolute Gasteiger partial charge is 0.495 e. The average molecular weight is 1560 g/mol. The van der Waals surface area contributed by atoms with Crippen molar-refractivity contribution < 1.29 is 18.9 Å². The minimum Gasteiger partial charge on any atom is -0.495 e. The van der Waals surface area contributed by atoms with Crippen LogP contribution in [0.4, 0.5) is 28.4 Å². The Bertz CT molecular complexity index is 3650. The normalized spacial score (nSPS) is 32.1. The number of nitrogens with zero attached hydrogens (tertiary/aromatic N) is 10. The van der Waals surface area contributed by atoms with Crippen molar-refractivity contribution in [3.05, 3.63) is 124 Å². The molecule has 14 atom stereocenters. The van der Waals surface area contributed by atoms with Gasteiger partial charge in [-0.3, -0.25) is 24.5 Å². The summed E-state index contributed by atoms with van der Waals surface area (Å²) in [6, 6.07) is 39.3. The third-order valence-electron chi connectivity index (χ3n) is 30.5. The van der Waals surface area contributed by atoms with Crippen LogP contribution in [0.25, 0.3) is 0 Å². The van der Waals surface area contributed by atoms with Crippen LogP contribution >= 0.6 is 34.8 Å². The van der Waals surface area contributed by atoms with Gasteiger partial charge in [0.25, 0.3) is 0 Å². The topological polar surface area (TPSA) is 69.3 Å². The second-order valence-electron chi connectivity index (χ2n) is 36.3. The molecule has 5 saturated heterocycles. The van der Waals surface area contributed by atoms with Gasteiger partial charge in [0.1, 0.15) is 23.0 Å². The van der Waals surface area contributed by atoms with Crippen molar-refractivity contribution in [3.8, 4) is 23.0 Å². The average Bonchev–Trinajstić information content (AvgIpc) is 1.63. The zero-order valence-electron chi connectivity index (χ0n) is 67.6. The first kappa shape index (κ1) is 78.8. The molecule has 10 saturated carbocycles. The minimum atomic E-state index is 0.784. The van der Waals surface area contributed by atoms with Gasteiger partial charge >= 0.3 is 0 Å². The first-order valence-corrected chi connectivity index (χ1v) is 45.1. The molecule has 9 unspecified atom stereocenters. The maximum atomic E-state index is 6.19. The monoisotopic (exact) mass is 1560 g/mol. The molecule has 600 valence electrons. The Labute approximate surface area is 677 Å². The predicted molar refractivity (Wildman–Crippen MR) is 457 cm³/mol. The fourth-order valence-corrected chi connectivity index (χ4v) is 25.3. The fourth-order valence-electron chi connectivity index (χ4n) is 24.8. The smallest absolute Gasteiger partial charge is 0.142 e. The lowest BCUT2D eigenvalue weighted by Gasteiger charge is -2.44. The lowest BCUT2D eigenvalue weighted by Crippen LogP contribution is -2.53. The van der Waals surface area contributed by atoms with E-state index in [1.165, 1.54) is 243 Å². The molecular formula is C93H133Cl3N10O4. The summed E-state index contributed by atoms with van der Waals surface area (Å²) in [4.78, 5) is 26.2. The van der Waals surface area contributed by atoms with E-state index in [0.717, 1.165) is 197 Å². The lowest BCUT2D eigenvalue weighted by atomic mass is 9.84. The molecule has 5 aromatic carbocycles. The fraction of sp³-hybridized carbons (Fsp3) is 0.677. The van der Waals surface area contributed by atoms with Gasteiger partial charge < -0.3 is 43.4 Å². The quantitative estimate of drug-likeness (QED) is 0.106. The number of hydrogen-bond donors (Lipinski definition) is 0. The number of para-hydroxylation sites is 3. The Morgan fingerprint density at radius 2 is 0.545 bits per heavy atom. The van der Waals surface area contributed by atoms with Gasteiger partial charge in [0, 0.05) is 182 Å². The molecule has 10 aliphatic carbocycles. The van der Waals surface area contributed by atoms with Crippen molar-refractivity contribution >= 4 is 63.2 Å². The van der Waals surface area contributed by atoms with Crippen LogP contribution in [-0.2, 0) is 0 Å². The number of rotatable bonds is 14. The first-order valence-electron chi connectivity index (χ1n) is 44.0. The molecule has 5 heterocycles. The highest BCUT2D eigenvalue weighted by atomic mass is 35.5. The van der Waals surface area contributed by atoms with Crippen LogP contribution in [0.1, 0.15) is 153 Å². The number of anilines is 5. The van der Waals surface area contributed by atoms with Gasteiger partial charge in [-0.15, -0.1) is 0 Å². The molecule has 15 aliphatic rings. The highest BCUT2D eigenvalue weighted by Crippen LogP contribution is 2.51. The summed E-state index contributed by atoms with van der Waals surface area (Å²) in [5.74, 6) is 14.0. The summed E-state index contributed by atoms with van der Waals surface area (Å²) in [6.45, 7) is 25.3. The number of hydrogen-bond acceptors (Lipinski definition) is 14. The number of piperazine rings is 5. The minimum absolute atomic E-state index is 0.784. The van der Waals surface area contributed by atoms with Gasteiger partial charge in [0.15, 0.2) is 0 Å². The van der Waals surface area contributed by atoms with Gasteiger partial charge in [0.05, 0.1) is 51.2 Å². The number of ether oxygens (including phenoxy) is 4. The Hall–Kier alpha value is -5.03. The number of methoxy groups -OCH3 is 4. The van der Waals surface area contributed by atoms with Gasteiger partial charge in [0.2, 0.25) is 0 Å². The van der Waals surface area contributed by atoms with E-state index in [1.807, 2.05) is 54.6 Å². The highest BCUT2D eigenvalue weighted by molar-refractivity contribution is 6.31. The third kappa shape index (κ3) is 18.4. The molecule has 5 aromatic rings. The van der Waals surface area contributed by atoms with E-state index in [-0.39, 0.29) is 0 Å². The maximum absolute atomic E-state index is 6.19.